The molecule has 3 rings (SSSR count). The summed E-state index contributed by atoms with van der Waals surface area (Å²) in [5.41, 5.74) is 5.05. The zero-order valence-electron chi connectivity index (χ0n) is 17.0. The Balaban J connectivity index is 1.79. The molecule has 13 heteroatoms. The predicted molar refractivity (Wildman–Crippen MR) is 122 cm³/mol. The summed E-state index contributed by atoms with van der Waals surface area (Å²) in [6.45, 7) is 1.93. The monoisotopic (exact) mass is 490 g/mol. The van der Waals surface area contributed by atoms with Crippen LogP contribution in [0.15, 0.2) is 48.8 Å². The van der Waals surface area contributed by atoms with Gasteiger partial charge in [-0.15, -0.1) is 0 Å². The van der Waals surface area contributed by atoms with Gasteiger partial charge >= 0.3 is 11.7 Å². The topological polar surface area (TPSA) is 148 Å². The molecule has 33 heavy (non-hydrogen) atoms. The molecule has 0 saturated carbocycles. The van der Waals surface area contributed by atoms with Gasteiger partial charge in [-0.3, -0.25) is 25.8 Å². The summed E-state index contributed by atoms with van der Waals surface area (Å²) in [4.78, 5) is 42.8. The summed E-state index contributed by atoms with van der Waals surface area (Å²) < 4.78 is 4.92. The molecule has 11 nitrogen and oxygen atoms in total. The Hall–Kier alpha value is -3.96. The van der Waals surface area contributed by atoms with Gasteiger partial charge < -0.3 is 10.1 Å². The Labute approximate surface area is 197 Å². The number of hydrazine groups is 1. The zero-order chi connectivity index (χ0) is 24.0. The molecule has 3 N–H and O–H groups in total. The van der Waals surface area contributed by atoms with Gasteiger partial charge in [-0.25, -0.2) is 14.8 Å². The highest BCUT2D eigenvalue weighted by molar-refractivity contribution is 6.36. The number of halogens is 2. The summed E-state index contributed by atoms with van der Waals surface area (Å²) in [6, 6.07) is 10.4. The van der Waals surface area contributed by atoms with Gasteiger partial charge in [-0.1, -0.05) is 23.2 Å². The van der Waals surface area contributed by atoms with Crippen LogP contribution >= 0.6 is 23.2 Å². The van der Waals surface area contributed by atoms with Gasteiger partial charge in [-0.05, 0) is 49.4 Å². The number of rotatable bonds is 8. The maximum Gasteiger partial charge on any atom is 0.355 e. The number of carbonyl (C=O) groups is 2. The van der Waals surface area contributed by atoms with Crippen LogP contribution in [0.4, 0.5) is 23.0 Å². The van der Waals surface area contributed by atoms with Crippen LogP contribution in [-0.2, 0) is 4.74 Å². The van der Waals surface area contributed by atoms with E-state index in [4.69, 9.17) is 27.9 Å². The zero-order valence-corrected chi connectivity index (χ0v) is 18.5. The highest BCUT2D eigenvalue weighted by Crippen LogP contribution is 2.31. The normalized spacial score (nSPS) is 10.3. The fraction of sp³-hybridized carbons (Fsp3) is 0.100. The van der Waals surface area contributed by atoms with Crippen molar-refractivity contribution in [2.45, 2.75) is 6.92 Å². The van der Waals surface area contributed by atoms with Crippen LogP contribution in [0.2, 0.25) is 10.0 Å². The van der Waals surface area contributed by atoms with Crippen molar-refractivity contribution in [1.82, 2.24) is 15.4 Å². The summed E-state index contributed by atoms with van der Waals surface area (Å²) in [6.07, 6.45) is 1.08. The molecule has 0 spiro atoms. The highest BCUT2D eigenvalue weighted by atomic mass is 35.5. The standard InChI is InChI=1S/C20H16Cl2N6O5/c1-2-33-20(30)11-3-6-13(7-4-11)25-17-16(28(31)32)18(24-10-23-17)26-27-19(29)14-8-5-12(21)9-15(14)22/h3-10H,2H2,1H3,(H,27,29)(H2,23,24,25,26). The lowest BCUT2D eigenvalue weighted by molar-refractivity contribution is -0.383. The first kappa shape index (κ1) is 23.7. The summed E-state index contributed by atoms with van der Waals surface area (Å²) >= 11 is 11.8. The van der Waals surface area contributed by atoms with E-state index in [0.717, 1.165) is 6.33 Å². The molecule has 170 valence electrons. The molecule has 0 fully saturated rings. The minimum Gasteiger partial charge on any atom is -0.462 e. The number of nitrogens with zero attached hydrogens (tertiary/aromatic N) is 3. The Morgan fingerprint density at radius 2 is 1.79 bits per heavy atom. The van der Waals surface area contributed by atoms with Crippen molar-refractivity contribution in [3.63, 3.8) is 0 Å². The molecule has 0 aliphatic carbocycles. The van der Waals surface area contributed by atoms with E-state index in [1.165, 1.54) is 42.5 Å². The number of esters is 1. The van der Waals surface area contributed by atoms with E-state index >= 15 is 0 Å². The second kappa shape index (κ2) is 10.6. The van der Waals surface area contributed by atoms with Crippen molar-refractivity contribution in [3.05, 3.63) is 80.1 Å². The number of ether oxygens (including phenoxy) is 1. The van der Waals surface area contributed by atoms with Gasteiger partial charge in [0.05, 0.1) is 27.7 Å². The quantitative estimate of drug-likeness (QED) is 0.237. The number of carbonyl (C=O) groups excluding carboxylic acids is 2. The highest BCUT2D eigenvalue weighted by Gasteiger charge is 2.24. The average molecular weight is 491 g/mol. The van der Waals surface area contributed by atoms with Crippen LogP contribution in [0.5, 0.6) is 0 Å². The Bertz CT molecular complexity index is 1210. The number of aromatic nitrogens is 2. The van der Waals surface area contributed by atoms with Crippen molar-refractivity contribution in [1.29, 1.82) is 0 Å². The molecule has 1 heterocycles. The molecular weight excluding hydrogens is 475 g/mol. The van der Waals surface area contributed by atoms with E-state index in [0.29, 0.717) is 16.3 Å². The molecule has 1 aromatic heterocycles. The maximum atomic E-state index is 12.4. The molecule has 0 aliphatic rings. The van der Waals surface area contributed by atoms with Crippen molar-refractivity contribution < 1.29 is 19.2 Å². The predicted octanol–water partition coefficient (Wildman–Crippen LogP) is 4.37. The van der Waals surface area contributed by atoms with Crippen LogP contribution in [0.1, 0.15) is 27.6 Å². The van der Waals surface area contributed by atoms with Crippen LogP contribution in [0.3, 0.4) is 0 Å². The summed E-state index contributed by atoms with van der Waals surface area (Å²) in [5, 5.41) is 14.9. The fourth-order valence-corrected chi connectivity index (χ4v) is 3.13. The molecule has 3 aromatic rings. The van der Waals surface area contributed by atoms with Crippen molar-refractivity contribution >= 4 is 58.1 Å². The molecule has 2 aromatic carbocycles. The summed E-state index contributed by atoms with van der Waals surface area (Å²) in [5.74, 6) is -1.55. The largest absolute Gasteiger partial charge is 0.462 e. The van der Waals surface area contributed by atoms with E-state index in [1.807, 2.05) is 0 Å². The number of nitro groups is 1. The van der Waals surface area contributed by atoms with E-state index in [-0.39, 0.29) is 28.8 Å². The minimum atomic E-state index is -0.709. The van der Waals surface area contributed by atoms with Crippen molar-refractivity contribution in [3.8, 4) is 0 Å². The number of hydrogen-bond acceptors (Lipinski definition) is 9. The number of anilines is 3. The maximum absolute atomic E-state index is 12.4. The lowest BCUT2D eigenvalue weighted by Gasteiger charge is -2.12. The second-order valence-electron chi connectivity index (χ2n) is 6.30. The van der Waals surface area contributed by atoms with Crippen LogP contribution in [-0.4, -0.2) is 33.4 Å². The Kier molecular flexibility index (Phi) is 7.59. The van der Waals surface area contributed by atoms with Crippen LogP contribution < -0.4 is 16.2 Å². The molecule has 0 bridgehead atoms. The van der Waals surface area contributed by atoms with Gasteiger partial charge in [0, 0.05) is 10.7 Å². The van der Waals surface area contributed by atoms with Gasteiger partial charge in [-0.2, -0.15) is 0 Å². The first-order chi connectivity index (χ1) is 15.8. The van der Waals surface area contributed by atoms with E-state index < -0.39 is 22.5 Å². The SMILES string of the molecule is CCOC(=O)c1ccc(Nc2ncnc(NNC(=O)c3ccc(Cl)cc3Cl)c2[N+](=O)[O-])cc1. The van der Waals surface area contributed by atoms with E-state index in [9.17, 15) is 19.7 Å². The van der Waals surface area contributed by atoms with Crippen LogP contribution in [0, 0.1) is 10.1 Å². The smallest absolute Gasteiger partial charge is 0.355 e. The van der Waals surface area contributed by atoms with Gasteiger partial charge in [0.2, 0.25) is 11.6 Å². The van der Waals surface area contributed by atoms with Crippen LogP contribution in [0.25, 0.3) is 0 Å². The minimum absolute atomic E-state index is 0.102. The van der Waals surface area contributed by atoms with Gasteiger partial charge in [0.1, 0.15) is 6.33 Å². The van der Waals surface area contributed by atoms with E-state index in [2.05, 4.69) is 26.1 Å². The van der Waals surface area contributed by atoms with E-state index in [1.54, 1.807) is 6.92 Å². The molecule has 0 aliphatic heterocycles. The van der Waals surface area contributed by atoms with Gasteiger partial charge in [0.15, 0.2) is 0 Å². The number of benzene rings is 2. The van der Waals surface area contributed by atoms with Gasteiger partial charge in [0.25, 0.3) is 5.91 Å². The molecule has 0 unspecified atom stereocenters. The Morgan fingerprint density at radius 3 is 2.42 bits per heavy atom. The molecular formula is C20H16Cl2N6O5. The first-order valence-corrected chi connectivity index (χ1v) is 10.1. The Morgan fingerprint density at radius 1 is 1.09 bits per heavy atom. The third kappa shape index (κ3) is 5.84. The number of hydrogen-bond donors (Lipinski definition) is 3. The third-order valence-electron chi connectivity index (χ3n) is 4.13. The number of nitrogens with one attached hydrogen (secondary N) is 3. The second-order valence-corrected chi connectivity index (χ2v) is 7.15. The fourth-order valence-electron chi connectivity index (χ4n) is 2.63. The average Bonchev–Trinajstić information content (AvgIpc) is 2.78. The molecule has 1 amide bonds. The summed E-state index contributed by atoms with van der Waals surface area (Å²) in [7, 11) is 0. The van der Waals surface area contributed by atoms with Crippen molar-refractivity contribution in [2.24, 2.45) is 0 Å². The lowest BCUT2D eigenvalue weighted by Crippen LogP contribution is -2.30. The molecule has 0 saturated heterocycles. The molecule has 0 radical (unpaired) electrons. The lowest BCUT2D eigenvalue weighted by atomic mass is 10.2. The first-order valence-electron chi connectivity index (χ1n) is 9.35. The third-order valence-corrected chi connectivity index (χ3v) is 4.68. The number of amides is 1. The molecule has 0 atom stereocenters. The van der Waals surface area contributed by atoms with Crippen molar-refractivity contribution in [2.75, 3.05) is 17.3 Å².